The molecule has 1 aliphatic heterocycles. The molecule has 2 atom stereocenters. The summed E-state index contributed by atoms with van der Waals surface area (Å²) in [5.41, 5.74) is -0.0621. The molecule has 2 rings (SSSR count). The Balaban J connectivity index is 2.12. The van der Waals surface area contributed by atoms with Crippen LogP contribution >= 0.6 is 0 Å². The van der Waals surface area contributed by atoms with Crippen LogP contribution in [-0.4, -0.2) is 22.9 Å². The number of aliphatic hydroxyl groups is 1. The van der Waals surface area contributed by atoms with Crippen molar-refractivity contribution in [3.8, 4) is 0 Å². The summed E-state index contributed by atoms with van der Waals surface area (Å²) < 4.78 is 5.86. The molecular weight excluding hydrogens is 140 g/mol. The Hall–Kier alpha value is -0.0800. The molecule has 2 aliphatic rings. The molecule has 1 saturated heterocycles. The van der Waals surface area contributed by atoms with Crippen molar-refractivity contribution < 1.29 is 9.84 Å². The quantitative estimate of drug-likeness (QED) is 0.620. The Morgan fingerprint density at radius 2 is 2.18 bits per heavy atom. The van der Waals surface area contributed by atoms with Crippen LogP contribution in [0, 0.1) is 5.92 Å². The van der Waals surface area contributed by atoms with E-state index in [-0.39, 0.29) is 17.8 Å². The minimum Gasteiger partial charge on any atom is -0.393 e. The van der Waals surface area contributed by atoms with E-state index in [1.165, 1.54) is 12.8 Å². The monoisotopic (exact) mass is 156 g/mol. The molecule has 1 unspecified atom stereocenters. The average molecular weight is 156 g/mol. The summed E-state index contributed by atoms with van der Waals surface area (Å²) in [7, 11) is 0. The van der Waals surface area contributed by atoms with Gasteiger partial charge in [0.25, 0.3) is 0 Å². The van der Waals surface area contributed by atoms with Gasteiger partial charge in [-0.05, 0) is 32.1 Å². The number of hydrogen-bond acceptors (Lipinski definition) is 2. The first kappa shape index (κ1) is 7.56. The van der Waals surface area contributed by atoms with E-state index in [4.69, 9.17) is 9.84 Å². The van der Waals surface area contributed by atoms with Crippen molar-refractivity contribution in [2.75, 3.05) is 6.61 Å². The number of hydrogen-bond donors (Lipinski definition) is 1. The van der Waals surface area contributed by atoms with E-state index in [9.17, 15) is 0 Å². The Kier molecular flexibility index (Phi) is 1.37. The molecule has 0 amide bonds. The lowest BCUT2D eigenvalue weighted by atomic mass is 9.94. The van der Waals surface area contributed by atoms with E-state index in [0.717, 1.165) is 6.42 Å². The molecule has 2 fully saturated rings. The van der Waals surface area contributed by atoms with E-state index in [0.29, 0.717) is 5.92 Å². The topological polar surface area (TPSA) is 29.5 Å². The van der Waals surface area contributed by atoms with Crippen molar-refractivity contribution in [1.29, 1.82) is 0 Å². The highest BCUT2D eigenvalue weighted by molar-refractivity contribution is 5.08. The maximum absolute atomic E-state index is 9.08. The van der Waals surface area contributed by atoms with Gasteiger partial charge in [0.05, 0.1) is 17.8 Å². The van der Waals surface area contributed by atoms with Crippen LogP contribution in [0.4, 0.5) is 0 Å². The normalized spacial score (nSPS) is 46.6. The molecular formula is C9H16O2. The van der Waals surface area contributed by atoms with Gasteiger partial charge in [-0.25, -0.2) is 0 Å². The minimum atomic E-state index is -0.240. The van der Waals surface area contributed by atoms with Crippen LogP contribution in [0.1, 0.15) is 33.1 Å². The molecule has 2 nitrogen and oxygen atoms in total. The third-order valence-corrected chi connectivity index (χ3v) is 3.16. The van der Waals surface area contributed by atoms with Gasteiger partial charge in [-0.3, -0.25) is 0 Å². The number of aliphatic hydroxyl groups excluding tert-OH is 1. The fourth-order valence-electron chi connectivity index (χ4n) is 2.28. The van der Waals surface area contributed by atoms with Crippen LogP contribution in [0.25, 0.3) is 0 Å². The minimum absolute atomic E-state index is 0.166. The van der Waals surface area contributed by atoms with Crippen molar-refractivity contribution in [1.82, 2.24) is 0 Å². The fraction of sp³-hybridized carbons (Fsp3) is 1.00. The molecule has 1 heterocycles. The van der Waals surface area contributed by atoms with Gasteiger partial charge in [0.2, 0.25) is 0 Å². The van der Waals surface area contributed by atoms with E-state index in [2.05, 4.69) is 6.92 Å². The van der Waals surface area contributed by atoms with Gasteiger partial charge in [-0.1, -0.05) is 6.92 Å². The number of ether oxygens (including phenoxy) is 1. The zero-order chi connectivity index (χ0) is 8.11. The largest absolute Gasteiger partial charge is 0.393 e. The molecule has 0 aromatic carbocycles. The average Bonchev–Trinajstić information content (AvgIpc) is 2.64. The second-order valence-corrected chi connectivity index (χ2v) is 4.38. The van der Waals surface area contributed by atoms with Crippen molar-refractivity contribution in [2.45, 2.75) is 44.3 Å². The van der Waals surface area contributed by atoms with Gasteiger partial charge in [0.15, 0.2) is 0 Å². The summed E-state index contributed by atoms with van der Waals surface area (Å²) in [4.78, 5) is 0. The molecule has 1 spiro atoms. The predicted octanol–water partition coefficient (Wildman–Crippen LogP) is 1.33. The molecule has 64 valence electrons. The van der Waals surface area contributed by atoms with Crippen LogP contribution < -0.4 is 0 Å². The Morgan fingerprint density at radius 1 is 1.55 bits per heavy atom. The van der Waals surface area contributed by atoms with E-state index in [1.807, 2.05) is 6.92 Å². The first-order valence-corrected chi connectivity index (χ1v) is 4.41. The molecule has 0 aromatic rings. The van der Waals surface area contributed by atoms with Gasteiger partial charge < -0.3 is 9.84 Å². The Bertz CT molecular complexity index is 174. The van der Waals surface area contributed by atoms with Crippen LogP contribution in [0.5, 0.6) is 0 Å². The second-order valence-electron chi connectivity index (χ2n) is 4.38. The van der Waals surface area contributed by atoms with Gasteiger partial charge >= 0.3 is 0 Å². The van der Waals surface area contributed by atoms with Crippen molar-refractivity contribution in [2.24, 2.45) is 5.92 Å². The summed E-state index contributed by atoms with van der Waals surface area (Å²) in [6.45, 7) is 4.41. The van der Waals surface area contributed by atoms with Gasteiger partial charge in [-0.15, -0.1) is 0 Å². The smallest absolute Gasteiger partial charge is 0.0895 e. The Labute approximate surface area is 67.6 Å². The highest BCUT2D eigenvalue weighted by Crippen LogP contribution is 2.56. The lowest BCUT2D eigenvalue weighted by Crippen LogP contribution is -2.29. The highest BCUT2D eigenvalue weighted by atomic mass is 16.5. The third-order valence-electron chi connectivity index (χ3n) is 3.16. The highest BCUT2D eigenvalue weighted by Gasteiger charge is 2.58. The van der Waals surface area contributed by atoms with Crippen molar-refractivity contribution in [3.05, 3.63) is 0 Å². The summed E-state index contributed by atoms with van der Waals surface area (Å²) in [5, 5.41) is 9.08. The second kappa shape index (κ2) is 1.99. The maximum Gasteiger partial charge on any atom is 0.0895 e. The van der Waals surface area contributed by atoms with Crippen LogP contribution in [-0.2, 0) is 4.74 Å². The van der Waals surface area contributed by atoms with Crippen molar-refractivity contribution in [3.63, 3.8) is 0 Å². The predicted molar refractivity (Wildman–Crippen MR) is 42.3 cm³/mol. The van der Waals surface area contributed by atoms with Crippen LogP contribution in [0.3, 0.4) is 0 Å². The van der Waals surface area contributed by atoms with Gasteiger partial charge in [-0.2, -0.15) is 0 Å². The van der Waals surface area contributed by atoms with Crippen LogP contribution in [0.15, 0.2) is 0 Å². The molecule has 0 aromatic heterocycles. The molecule has 2 heteroatoms. The summed E-state index contributed by atoms with van der Waals surface area (Å²) in [6.07, 6.45) is 3.41. The van der Waals surface area contributed by atoms with Crippen LogP contribution in [0.2, 0.25) is 0 Å². The molecule has 11 heavy (non-hydrogen) atoms. The summed E-state index contributed by atoms with van der Waals surface area (Å²) in [5.74, 6) is 0.639. The maximum atomic E-state index is 9.08. The van der Waals surface area contributed by atoms with E-state index < -0.39 is 0 Å². The SMILES string of the molecule is C[C@H]1CC(C)(CO)OC12CC2. The zero-order valence-electron chi connectivity index (χ0n) is 7.26. The lowest BCUT2D eigenvalue weighted by Gasteiger charge is -2.21. The summed E-state index contributed by atoms with van der Waals surface area (Å²) >= 11 is 0. The van der Waals surface area contributed by atoms with Gasteiger partial charge in [0, 0.05) is 0 Å². The summed E-state index contributed by atoms with van der Waals surface area (Å²) in [6, 6.07) is 0. The molecule has 1 saturated carbocycles. The van der Waals surface area contributed by atoms with E-state index in [1.54, 1.807) is 0 Å². The third kappa shape index (κ3) is 1.00. The lowest BCUT2D eigenvalue weighted by molar-refractivity contribution is -0.0751. The Morgan fingerprint density at radius 3 is 2.45 bits per heavy atom. The van der Waals surface area contributed by atoms with Crippen molar-refractivity contribution >= 4 is 0 Å². The standard InChI is InChI=1S/C9H16O2/c1-7-5-8(2,6-10)11-9(7)3-4-9/h7,10H,3-6H2,1-2H3/t7-,8?/m0/s1. The first-order chi connectivity index (χ1) is 5.10. The molecule has 0 radical (unpaired) electrons. The molecule has 1 N–H and O–H groups in total. The van der Waals surface area contributed by atoms with E-state index >= 15 is 0 Å². The molecule has 0 bridgehead atoms. The van der Waals surface area contributed by atoms with Gasteiger partial charge in [0.1, 0.15) is 0 Å². The number of rotatable bonds is 1. The fourth-order valence-corrected chi connectivity index (χ4v) is 2.28. The zero-order valence-corrected chi connectivity index (χ0v) is 7.26. The first-order valence-electron chi connectivity index (χ1n) is 4.41. The molecule has 1 aliphatic carbocycles.